The Bertz CT molecular complexity index is 686. The zero-order chi connectivity index (χ0) is 15.6. The Balaban J connectivity index is 1.62. The molecular formula is C21H26N2. The molecule has 2 heterocycles. The Hall–Kier alpha value is -1.80. The second-order valence-electron chi connectivity index (χ2n) is 7.02. The van der Waals surface area contributed by atoms with Gasteiger partial charge in [-0.2, -0.15) is 0 Å². The van der Waals surface area contributed by atoms with Crippen LogP contribution in [0.4, 0.5) is 11.4 Å². The van der Waals surface area contributed by atoms with E-state index in [2.05, 4.69) is 59.6 Å². The van der Waals surface area contributed by atoms with E-state index in [1.165, 1.54) is 60.3 Å². The number of fused-ring (bicyclic) bond motifs is 2. The maximum atomic E-state index is 3.69. The van der Waals surface area contributed by atoms with Gasteiger partial charge in [0.1, 0.15) is 0 Å². The second-order valence-corrected chi connectivity index (χ2v) is 7.02. The molecular weight excluding hydrogens is 280 g/mol. The second kappa shape index (κ2) is 6.37. The molecule has 1 N–H and O–H groups in total. The fraction of sp³-hybridized carbons (Fsp3) is 0.429. The molecule has 1 atom stereocenters. The SMILES string of the molecule is Cc1ccc2c(c1)N(CCC1CCCCN1)c1ccccc1C2. The van der Waals surface area contributed by atoms with Crippen molar-refractivity contribution in [1.82, 2.24) is 5.32 Å². The lowest BCUT2D eigenvalue weighted by Gasteiger charge is -2.35. The number of anilines is 2. The number of benzene rings is 2. The summed E-state index contributed by atoms with van der Waals surface area (Å²) >= 11 is 0. The number of hydrogen-bond donors (Lipinski definition) is 1. The Morgan fingerprint density at radius 2 is 1.91 bits per heavy atom. The van der Waals surface area contributed by atoms with Gasteiger partial charge in [0.05, 0.1) is 0 Å². The first kappa shape index (κ1) is 14.8. The average molecular weight is 306 g/mol. The largest absolute Gasteiger partial charge is 0.341 e. The van der Waals surface area contributed by atoms with E-state index in [0.29, 0.717) is 6.04 Å². The smallest absolute Gasteiger partial charge is 0.0449 e. The zero-order valence-corrected chi connectivity index (χ0v) is 14.0. The number of para-hydroxylation sites is 1. The molecule has 0 amide bonds. The lowest BCUT2D eigenvalue weighted by Crippen LogP contribution is -2.37. The highest BCUT2D eigenvalue weighted by Gasteiger charge is 2.23. The molecule has 2 nitrogen and oxygen atoms in total. The highest BCUT2D eigenvalue weighted by molar-refractivity contribution is 5.74. The molecule has 0 radical (unpaired) electrons. The fourth-order valence-corrected chi connectivity index (χ4v) is 4.03. The minimum absolute atomic E-state index is 0.686. The van der Waals surface area contributed by atoms with Crippen molar-refractivity contribution in [2.75, 3.05) is 18.0 Å². The molecule has 0 aromatic heterocycles. The van der Waals surface area contributed by atoms with Gasteiger partial charge in [0, 0.05) is 30.4 Å². The van der Waals surface area contributed by atoms with Gasteiger partial charge in [-0.05, 0) is 61.6 Å². The maximum Gasteiger partial charge on any atom is 0.0449 e. The van der Waals surface area contributed by atoms with Crippen molar-refractivity contribution < 1.29 is 0 Å². The quantitative estimate of drug-likeness (QED) is 0.893. The first-order valence-corrected chi connectivity index (χ1v) is 8.99. The summed E-state index contributed by atoms with van der Waals surface area (Å²) in [6.07, 6.45) is 6.33. The van der Waals surface area contributed by atoms with Crippen LogP contribution in [0.25, 0.3) is 0 Å². The minimum Gasteiger partial charge on any atom is -0.341 e. The molecule has 2 heteroatoms. The van der Waals surface area contributed by atoms with E-state index < -0.39 is 0 Å². The summed E-state index contributed by atoms with van der Waals surface area (Å²) < 4.78 is 0. The summed E-state index contributed by atoms with van der Waals surface area (Å²) in [6.45, 7) is 4.49. The van der Waals surface area contributed by atoms with Crippen LogP contribution in [0.2, 0.25) is 0 Å². The van der Waals surface area contributed by atoms with E-state index in [-0.39, 0.29) is 0 Å². The number of rotatable bonds is 3. The van der Waals surface area contributed by atoms with Gasteiger partial charge in [0.15, 0.2) is 0 Å². The topological polar surface area (TPSA) is 15.3 Å². The predicted molar refractivity (Wildman–Crippen MR) is 97.7 cm³/mol. The van der Waals surface area contributed by atoms with E-state index in [4.69, 9.17) is 0 Å². The molecule has 2 aliphatic heterocycles. The molecule has 23 heavy (non-hydrogen) atoms. The van der Waals surface area contributed by atoms with Gasteiger partial charge < -0.3 is 10.2 Å². The van der Waals surface area contributed by atoms with E-state index in [0.717, 1.165) is 13.0 Å². The van der Waals surface area contributed by atoms with E-state index in [1.807, 2.05) is 0 Å². The Morgan fingerprint density at radius 1 is 1.04 bits per heavy atom. The molecule has 0 saturated carbocycles. The van der Waals surface area contributed by atoms with Gasteiger partial charge in [0.25, 0.3) is 0 Å². The molecule has 2 aromatic carbocycles. The molecule has 2 aliphatic rings. The van der Waals surface area contributed by atoms with Gasteiger partial charge in [-0.25, -0.2) is 0 Å². The predicted octanol–water partition coefficient (Wildman–Crippen LogP) is 4.57. The monoisotopic (exact) mass is 306 g/mol. The summed E-state index contributed by atoms with van der Waals surface area (Å²) in [4.78, 5) is 2.55. The fourth-order valence-electron chi connectivity index (χ4n) is 4.03. The van der Waals surface area contributed by atoms with Gasteiger partial charge in [-0.1, -0.05) is 36.8 Å². The van der Waals surface area contributed by atoms with Crippen molar-refractivity contribution in [2.24, 2.45) is 0 Å². The van der Waals surface area contributed by atoms with Crippen LogP contribution in [-0.4, -0.2) is 19.1 Å². The molecule has 0 bridgehead atoms. The van der Waals surface area contributed by atoms with Crippen LogP contribution in [0.1, 0.15) is 42.4 Å². The van der Waals surface area contributed by atoms with Gasteiger partial charge in [-0.3, -0.25) is 0 Å². The van der Waals surface area contributed by atoms with E-state index >= 15 is 0 Å². The molecule has 1 saturated heterocycles. The average Bonchev–Trinajstić information content (AvgIpc) is 2.60. The van der Waals surface area contributed by atoms with E-state index in [1.54, 1.807) is 0 Å². The number of aryl methyl sites for hydroxylation is 1. The Labute approximate surface area is 139 Å². The van der Waals surface area contributed by atoms with Crippen molar-refractivity contribution in [3.63, 3.8) is 0 Å². The summed E-state index contributed by atoms with van der Waals surface area (Å²) in [5.74, 6) is 0. The summed E-state index contributed by atoms with van der Waals surface area (Å²) in [5, 5.41) is 3.69. The van der Waals surface area contributed by atoms with Gasteiger partial charge >= 0.3 is 0 Å². The molecule has 120 valence electrons. The van der Waals surface area contributed by atoms with Crippen molar-refractivity contribution in [2.45, 2.75) is 45.1 Å². The van der Waals surface area contributed by atoms with Crippen LogP contribution in [0, 0.1) is 6.92 Å². The lowest BCUT2D eigenvalue weighted by molar-refractivity contribution is 0.385. The van der Waals surface area contributed by atoms with Crippen molar-refractivity contribution >= 4 is 11.4 Å². The lowest BCUT2D eigenvalue weighted by atomic mass is 9.93. The van der Waals surface area contributed by atoms with Crippen LogP contribution in [0.15, 0.2) is 42.5 Å². The zero-order valence-electron chi connectivity index (χ0n) is 14.0. The van der Waals surface area contributed by atoms with E-state index in [9.17, 15) is 0 Å². The van der Waals surface area contributed by atoms with Crippen molar-refractivity contribution in [1.29, 1.82) is 0 Å². The Kier molecular flexibility index (Phi) is 4.09. The third-order valence-electron chi connectivity index (χ3n) is 5.31. The van der Waals surface area contributed by atoms with Gasteiger partial charge in [-0.15, -0.1) is 0 Å². The molecule has 1 fully saturated rings. The number of piperidine rings is 1. The summed E-state index contributed by atoms with van der Waals surface area (Å²) in [6, 6.07) is 16.5. The molecule has 0 aliphatic carbocycles. The van der Waals surface area contributed by atoms with Crippen LogP contribution < -0.4 is 10.2 Å². The van der Waals surface area contributed by atoms with Crippen LogP contribution >= 0.6 is 0 Å². The first-order chi connectivity index (χ1) is 11.3. The van der Waals surface area contributed by atoms with Crippen LogP contribution in [0.3, 0.4) is 0 Å². The molecule has 2 aromatic rings. The summed E-state index contributed by atoms with van der Waals surface area (Å²) in [7, 11) is 0. The normalized spacial score (nSPS) is 20.0. The highest BCUT2D eigenvalue weighted by Crippen LogP contribution is 2.39. The minimum atomic E-state index is 0.686. The third kappa shape index (κ3) is 3.00. The molecule has 1 unspecified atom stereocenters. The van der Waals surface area contributed by atoms with Crippen molar-refractivity contribution in [3.8, 4) is 0 Å². The van der Waals surface area contributed by atoms with Crippen molar-refractivity contribution in [3.05, 3.63) is 59.2 Å². The first-order valence-electron chi connectivity index (χ1n) is 8.99. The molecule has 4 rings (SSSR count). The number of nitrogens with one attached hydrogen (secondary N) is 1. The highest BCUT2D eigenvalue weighted by atomic mass is 15.1. The van der Waals surface area contributed by atoms with Crippen LogP contribution in [0.5, 0.6) is 0 Å². The van der Waals surface area contributed by atoms with Gasteiger partial charge in [0.2, 0.25) is 0 Å². The number of nitrogens with zero attached hydrogens (tertiary/aromatic N) is 1. The van der Waals surface area contributed by atoms with Crippen LogP contribution in [-0.2, 0) is 6.42 Å². The number of hydrogen-bond acceptors (Lipinski definition) is 2. The maximum absolute atomic E-state index is 3.69. The third-order valence-corrected chi connectivity index (χ3v) is 5.31. The molecule has 0 spiro atoms. The Morgan fingerprint density at radius 3 is 2.78 bits per heavy atom. The standard InChI is InChI=1S/C21H26N2/c1-16-9-10-18-15-17-6-2-3-8-20(17)23(21(18)14-16)13-11-19-7-4-5-12-22-19/h2-3,6,8-10,14,19,22H,4-5,7,11-13,15H2,1H3. The summed E-state index contributed by atoms with van der Waals surface area (Å²) in [5.41, 5.74) is 7.09.